The van der Waals surface area contributed by atoms with Gasteiger partial charge in [-0.1, -0.05) is 6.08 Å². The molecule has 1 aromatic rings. The summed E-state index contributed by atoms with van der Waals surface area (Å²) in [5.41, 5.74) is 0.977. The summed E-state index contributed by atoms with van der Waals surface area (Å²) in [6.07, 6.45) is 6.67. The highest BCUT2D eigenvalue weighted by atomic mass is 32.2. The molecule has 1 aromatic heterocycles. The lowest BCUT2D eigenvalue weighted by Gasteiger charge is -1.82. The summed E-state index contributed by atoms with van der Waals surface area (Å²) < 4.78 is 0. The number of hydrogen-bond donors (Lipinski definition) is 1. The van der Waals surface area contributed by atoms with E-state index in [2.05, 4.69) is 21.5 Å². The average Bonchev–Trinajstić information content (AvgIpc) is 2.41. The Morgan fingerprint density at radius 1 is 1.80 bits per heavy atom. The van der Waals surface area contributed by atoms with Crippen molar-refractivity contribution in [2.75, 3.05) is 6.26 Å². The molecule has 0 saturated carbocycles. The van der Waals surface area contributed by atoms with Crippen molar-refractivity contribution in [1.29, 1.82) is 0 Å². The van der Waals surface area contributed by atoms with Crippen LogP contribution in [0.1, 0.15) is 5.69 Å². The molecule has 4 heteroatoms. The maximum atomic E-state index is 3.89. The zero-order valence-electron chi connectivity index (χ0n) is 5.74. The fourth-order valence-electron chi connectivity index (χ4n) is 0.589. The number of allylic oxidation sites excluding steroid dienone is 1. The Balaban J connectivity index is 2.34. The summed E-state index contributed by atoms with van der Waals surface area (Å²) in [5, 5.41) is 12.2. The number of nitrogens with one attached hydrogen (secondary N) is 1. The van der Waals surface area contributed by atoms with Crippen molar-refractivity contribution < 1.29 is 0 Å². The number of aromatic nitrogens is 3. The molecular formula is C6H9N3S. The van der Waals surface area contributed by atoms with E-state index in [1.54, 1.807) is 18.0 Å². The highest BCUT2D eigenvalue weighted by Gasteiger charge is 1.88. The van der Waals surface area contributed by atoms with E-state index in [-0.39, 0.29) is 0 Å². The van der Waals surface area contributed by atoms with Crippen LogP contribution < -0.4 is 0 Å². The summed E-state index contributed by atoms with van der Waals surface area (Å²) >= 11 is 1.68. The zero-order valence-corrected chi connectivity index (χ0v) is 6.56. The predicted octanol–water partition coefficient (Wildman–Crippen LogP) is 1.22. The van der Waals surface area contributed by atoms with Gasteiger partial charge in [-0.3, -0.25) is 0 Å². The van der Waals surface area contributed by atoms with E-state index < -0.39 is 0 Å². The first-order valence-electron chi connectivity index (χ1n) is 2.96. The Morgan fingerprint density at radius 3 is 3.30 bits per heavy atom. The van der Waals surface area contributed by atoms with Crippen LogP contribution in [0.5, 0.6) is 0 Å². The van der Waals surface area contributed by atoms with Gasteiger partial charge in [-0.05, 0) is 11.7 Å². The van der Waals surface area contributed by atoms with E-state index in [0.717, 1.165) is 12.1 Å². The van der Waals surface area contributed by atoms with Crippen LogP contribution in [0.2, 0.25) is 0 Å². The molecule has 0 bridgehead atoms. The first-order valence-corrected chi connectivity index (χ1v) is 4.24. The molecule has 1 heterocycles. The summed E-state index contributed by atoms with van der Waals surface area (Å²) in [4.78, 5) is 0. The maximum absolute atomic E-state index is 3.89. The second kappa shape index (κ2) is 4.11. The number of thioether (sulfide) groups is 1. The van der Waals surface area contributed by atoms with Gasteiger partial charge >= 0.3 is 0 Å². The topological polar surface area (TPSA) is 41.6 Å². The molecule has 0 aliphatic carbocycles. The molecule has 1 rings (SSSR count). The smallest absolute Gasteiger partial charge is 0.0862 e. The summed E-state index contributed by atoms with van der Waals surface area (Å²) in [5.74, 6) is 0. The SMILES string of the molecule is CS/C=C/Cc1cn[nH]n1. The molecule has 0 fully saturated rings. The standard InChI is InChI=1S/C6H9N3S/c1-10-4-2-3-6-5-7-9-8-6/h2,4-5H,3H2,1H3,(H,7,8,9)/b4-2+. The van der Waals surface area contributed by atoms with Gasteiger partial charge in [0.1, 0.15) is 0 Å². The lowest BCUT2D eigenvalue weighted by atomic mass is 10.3. The Morgan fingerprint density at radius 2 is 2.70 bits per heavy atom. The number of nitrogens with zero attached hydrogens (tertiary/aromatic N) is 2. The van der Waals surface area contributed by atoms with Crippen LogP contribution in [0.3, 0.4) is 0 Å². The quantitative estimate of drug-likeness (QED) is 0.713. The molecule has 0 amide bonds. The predicted molar refractivity (Wildman–Crippen MR) is 42.7 cm³/mol. The van der Waals surface area contributed by atoms with Gasteiger partial charge in [-0.25, -0.2) is 0 Å². The summed E-state index contributed by atoms with van der Waals surface area (Å²) in [6.45, 7) is 0. The van der Waals surface area contributed by atoms with E-state index >= 15 is 0 Å². The minimum atomic E-state index is 0.858. The van der Waals surface area contributed by atoms with E-state index in [1.165, 1.54) is 0 Å². The van der Waals surface area contributed by atoms with E-state index in [0.29, 0.717) is 0 Å². The van der Waals surface area contributed by atoms with Crippen molar-refractivity contribution in [3.05, 3.63) is 23.4 Å². The largest absolute Gasteiger partial charge is 0.198 e. The van der Waals surface area contributed by atoms with Crippen molar-refractivity contribution in [2.24, 2.45) is 0 Å². The average molecular weight is 155 g/mol. The molecule has 0 saturated heterocycles. The maximum Gasteiger partial charge on any atom is 0.0862 e. The van der Waals surface area contributed by atoms with Crippen molar-refractivity contribution in [3.63, 3.8) is 0 Å². The molecule has 54 valence electrons. The molecule has 3 nitrogen and oxygen atoms in total. The Kier molecular flexibility index (Phi) is 3.02. The Bertz CT molecular complexity index is 193. The molecule has 0 spiro atoms. The first-order chi connectivity index (χ1) is 4.93. The van der Waals surface area contributed by atoms with Crippen LogP contribution in [0, 0.1) is 0 Å². The number of aromatic amines is 1. The third-order valence-electron chi connectivity index (χ3n) is 1.02. The van der Waals surface area contributed by atoms with E-state index in [1.807, 2.05) is 11.7 Å². The van der Waals surface area contributed by atoms with E-state index in [4.69, 9.17) is 0 Å². The molecule has 0 aromatic carbocycles. The van der Waals surface area contributed by atoms with Crippen molar-refractivity contribution in [2.45, 2.75) is 6.42 Å². The third kappa shape index (κ3) is 2.23. The van der Waals surface area contributed by atoms with Crippen LogP contribution in [0.25, 0.3) is 0 Å². The van der Waals surface area contributed by atoms with Gasteiger partial charge in [0.15, 0.2) is 0 Å². The van der Waals surface area contributed by atoms with Crippen LogP contribution in [0.4, 0.5) is 0 Å². The van der Waals surface area contributed by atoms with Gasteiger partial charge in [-0.15, -0.1) is 11.8 Å². The van der Waals surface area contributed by atoms with Gasteiger partial charge in [0.05, 0.1) is 11.9 Å². The third-order valence-corrected chi connectivity index (χ3v) is 1.49. The van der Waals surface area contributed by atoms with Gasteiger partial charge in [-0.2, -0.15) is 15.4 Å². The van der Waals surface area contributed by atoms with Crippen molar-refractivity contribution >= 4 is 11.8 Å². The summed E-state index contributed by atoms with van der Waals surface area (Å²) in [7, 11) is 0. The number of rotatable bonds is 3. The molecule has 0 aliphatic heterocycles. The molecular weight excluding hydrogens is 146 g/mol. The Labute approximate surface area is 63.9 Å². The fraction of sp³-hybridized carbons (Fsp3) is 0.333. The van der Waals surface area contributed by atoms with Crippen molar-refractivity contribution in [1.82, 2.24) is 15.4 Å². The monoisotopic (exact) mass is 155 g/mol. The molecule has 0 aliphatic rings. The van der Waals surface area contributed by atoms with Crippen LogP contribution in [0.15, 0.2) is 17.7 Å². The molecule has 0 atom stereocenters. The highest BCUT2D eigenvalue weighted by Crippen LogP contribution is 1.97. The lowest BCUT2D eigenvalue weighted by Crippen LogP contribution is -1.78. The zero-order chi connectivity index (χ0) is 7.23. The number of hydrogen-bond acceptors (Lipinski definition) is 3. The molecule has 1 N–H and O–H groups in total. The first kappa shape index (κ1) is 7.34. The van der Waals surface area contributed by atoms with Gasteiger partial charge in [0, 0.05) is 6.42 Å². The summed E-state index contributed by atoms with van der Waals surface area (Å²) in [6, 6.07) is 0. The lowest BCUT2D eigenvalue weighted by molar-refractivity contribution is 0.919. The Hall–Kier alpha value is -0.770. The van der Waals surface area contributed by atoms with Crippen LogP contribution in [-0.4, -0.2) is 21.7 Å². The normalized spacial score (nSPS) is 10.9. The van der Waals surface area contributed by atoms with Gasteiger partial charge in [0.2, 0.25) is 0 Å². The van der Waals surface area contributed by atoms with E-state index in [9.17, 15) is 0 Å². The van der Waals surface area contributed by atoms with Crippen LogP contribution >= 0.6 is 11.8 Å². The second-order valence-electron chi connectivity index (χ2n) is 1.77. The number of H-pyrrole nitrogens is 1. The minimum absolute atomic E-state index is 0.858. The minimum Gasteiger partial charge on any atom is -0.198 e. The second-order valence-corrected chi connectivity index (χ2v) is 2.52. The highest BCUT2D eigenvalue weighted by molar-refractivity contribution is 8.01. The molecule has 0 radical (unpaired) electrons. The van der Waals surface area contributed by atoms with Gasteiger partial charge < -0.3 is 0 Å². The van der Waals surface area contributed by atoms with Crippen molar-refractivity contribution in [3.8, 4) is 0 Å². The molecule has 10 heavy (non-hydrogen) atoms. The fourth-order valence-corrected chi connectivity index (χ4v) is 0.877. The van der Waals surface area contributed by atoms with Gasteiger partial charge in [0.25, 0.3) is 0 Å². The molecule has 0 unspecified atom stereocenters. The van der Waals surface area contributed by atoms with Crippen LogP contribution in [-0.2, 0) is 6.42 Å².